The Labute approximate surface area is 104 Å². The minimum Gasteiger partial charge on any atom is -0.362 e. The van der Waals surface area contributed by atoms with Crippen molar-refractivity contribution in [3.8, 4) is 0 Å². The van der Waals surface area contributed by atoms with Gasteiger partial charge in [0, 0.05) is 26.1 Å². The zero-order valence-electron chi connectivity index (χ0n) is 10.0. The zero-order valence-corrected chi connectivity index (χ0v) is 10.0. The van der Waals surface area contributed by atoms with Crippen LogP contribution in [0.15, 0.2) is 6.20 Å². The third kappa shape index (κ3) is 3.19. The number of nitrogens with one attached hydrogen (secondary N) is 2. The van der Waals surface area contributed by atoms with Gasteiger partial charge in [0.2, 0.25) is 11.7 Å². The van der Waals surface area contributed by atoms with E-state index in [2.05, 4.69) is 15.7 Å². The Balaban J connectivity index is 1.81. The van der Waals surface area contributed by atoms with Gasteiger partial charge < -0.3 is 10.6 Å². The summed E-state index contributed by atoms with van der Waals surface area (Å²) >= 11 is 0. The van der Waals surface area contributed by atoms with Gasteiger partial charge in [0.25, 0.3) is 0 Å². The van der Waals surface area contributed by atoms with Crippen LogP contribution in [0.5, 0.6) is 0 Å². The van der Waals surface area contributed by atoms with Gasteiger partial charge in [-0.15, -0.1) is 5.10 Å². The maximum absolute atomic E-state index is 11.4. The second-order valence-corrected chi connectivity index (χ2v) is 4.31. The van der Waals surface area contributed by atoms with E-state index < -0.39 is 4.92 Å². The molecule has 1 aromatic rings. The van der Waals surface area contributed by atoms with Gasteiger partial charge in [-0.3, -0.25) is 19.6 Å². The molecule has 8 nitrogen and oxygen atoms in total. The molecule has 1 saturated carbocycles. The number of nitro groups is 1. The molecule has 18 heavy (non-hydrogen) atoms. The first-order valence-corrected chi connectivity index (χ1v) is 5.77. The quantitative estimate of drug-likeness (QED) is 0.564. The van der Waals surface area contributed by atoms with Crippen molar-refractivity contribution < 1.29 is 9.72 Å². The predicted octanol–water partition coefficient (Wildman–Crippen LogP) is 0.409. The molecule has 8 heteroatoms. The lowest BCUT2D eigenvalue weighted by Crippen LogP contribution is -2.27. The van der Waals surface area contributed by atoms with Crippen molar-refractivity contribution >= 4 is 17.4 Å². The first kappa shape index (κ1) is 12.3. The molecule has 1 aliphatic rings. The van der Waals surface area contributed by atoms with Gasteiger partial charge in [0.05, 0.1) is 4.92 Å². The first-order chi connectivity index (χ1) is 8.56. The average Bonchev–Trinajstić information content (AvgIpc) is 3.00. The standard InChI is InChI=1S/C10H15N5O3/c1-14-6-8(15(17)18)10(13-14)11-5-4-9(16)12-7-2-3-7/h6-7H,2-5H2,1H3,(H,11,13)(H,12,16). The van der Waals surface area contributed by atoms with Crippen LogP contribution in [-0.4, -0.2) is 33.2 Å². The maximum Gasteiger partial charge on any atom is 0.330 e. The van der Waals surface area contributed by atoms with E-state index in [1.807, 2.05) is 0 Å². The van der Waals surface area contributed by atoms with Crippen LogP contribution >= 0.6 is 0 Å². The summed E-state index contributed by atoms with van der Waals surface area (Å²) in [5.41, 5.74) is -0.0832. The number of aryl methyl sites for hydroxylation is 1. The zero-order chi connectivity index (χ0) is 13.1. The van der Waals surface area contributed by atoms with Crippen LogP contribution in [0.25, 0.3) is 0 Å². The molecule has 0 saturated heterocycles. The summed E-state index contributed by atoms with van der Waals surface area (Å²) in [5, 5.41) is 20.3. The number of hydrogen-bond donors (Lipinski definition) is 2. The molecule has 0 aliphatic heterocycles. The van der Waals surface area contributed by atoms with E-state index in [1.165, 1.54) is 10.9 Å². The van der Waals surface area contributed by atoms with E-state index in [1.54, 1.807) is 7.05 Å². The van der Waals surface area contributed by atoms with Gasteiger partial charge in [0.15, 0.2) is 0 Å². The Morgan fingerprint density at radius 1 is 1.67 bits per heavy atom. The van der Waals surface area contributed by atoms with Crippen molar-refractivity contribution in [2.45, 2.75) is 25.3 Å². The molecular weight excluding hydrogens is 238 g/mol. The fourth-order valence-corrected chi connectivity index (χ4v) is 1.56. The molecule has 0 spiro atoms. The lowest BCUT2D eigenvalue weighted by Gasteiger charge is -2.03. The number of carbonyl (C=O) groups excluding carboxylic acids is 1. The van der Waals surface area contributed by atoms with Crippen LogP contribution in [0.4, 0.5) is 11.5 Å². The van der Waals surface area contributed by atoms with Crippen LogP contribution in [0.2, 0.25) is 0 Å². The van der Waals surface area contributed by atoms with Crippen LogP contribution in [-0.2, 0) is 11.8 Å². The summed E-state index contributed by atoms with van der Waals surface area (Å²) in [6, 6.07) is 0.335. The topological polar surface area (TPSA) is 102 Å². The van der Waals surface area contributed by atoms with Gasteiger partial charge in [-0.2, -0.15) is 0 Å². The largest absolute Gasteiger partial charge is 0.362 e. The molecule has 0 unspecified atom stereocenters. The van der Waals surface area contributed by atoms with Crippen LogP contribution < -0.4 is 10.6 Å². The minimum atomic E-state index is -0.500. The Morgan fingerprint density at radius 2 is 2.39 bits per heavy atom. The Hall–Kier alpha value is -2.12. The molecule has 1 aromatic heterocycles. The van der Waals surface area contributed by atoms with Gasteiger partial charge in [-0.05, 0) is 12.8 Å². The maximum atomic E-state index is 11.4. The smallest absolute Gasteiger partial charge is 0.330 e. The molecule has 1 fully saturated rings. The SMILES string of the molecule is Cn1cc([N+](=O)[O-])c(NCCC(=O)NC2CC2)n1. The molecule has 0 bridgehead atoms. The molecule has 2 N–H and O–H groups in total. The third-order valence-corrected chi connectivity index (χ3v) is 2.59. The summed E-state index contributed by atoms with van der Waals surface area (Å²) in [5.74, 6) is 0.158. The number of anilines is 1. The second kappa shape index (κ2) is 5.03. The number of aromatic nitrogens is 2. The molecule has 0 aromatic carbocycles. The van der Waals surface area contributed by atoms with Crippen molar-refractivity contribution in [3.63, 3.8) is 0 Å². The molecule has 1 amide bonds. The second-order valence-electron chi connectivity index (χ2n) is 4.31. The number of hydrogen-bond acceptors (Lipinski definition) is 5. The highest BCUT2D eigenvalue weighted by Crippen LogP contribution is 2.21. The molecule has 1 aliphatic carbocycles. The highest BCUT2D eigenvalue weighted by molar-refractivity contribution is 5.77. The van der Waals surface area contributed by atoms with E-state index >= 15 is 0 Å². The number of nitrogens with zero attached hydrogens (tertiary/aromatic N) is 3. The Morgan fingerprint density at radius 3 is 3.00 bits per heavy atom. The Bertz CT molecular complexity index is 466. The van der Waals surface area contributed by atoms with E-state index in [-0.39, 0.29) is 23.8 Å². The summed E-state index contributed by atoms with van der Waals surface area (Å²) in [4.78, 5) is 21.6. The van der Waals surface area contributed by atoms with Gasteiger partial charge in [-0.1, -0.05) is 0 Å². The predicted molar refractivity (Wildman–Crippen MR) is 64.1 cm³/mol. The fraction of sp³-hybridized carbons (Fsp3) is 0.600. The number of rotatable bonds is 6. The lowest BCUT2D eigenvalue weighted by molar-refractivity contribution is -0.384. The molecule has 2 rings (SSSR count). The van der Waals surface area contributed by atoms with Crippen LogP contribution in [0.3, 0.4) is 0 Å². The van der Waals surface area contributed by atoms with Crippen LogP contribution in [0.1, 0.15) is 19.3 Å². The summed E-state index contributed by atoms with van der Waals surface area (Å²) in [6.45, 7) is 0.330. The van der Waals surface area contributed by atoms with E-state index in [0.29, 0.717) is 12.6 Å². The summed E-state index contributed by atoms with van der Waals surface area (Å²) < 4.78 is 1.37. The number of amides is 1. The van der Waals surface area contributed by atoms with Crippen molar-refractivity contribution in [2.24, 2.45) is 7.05 Å². The highest BCUT2D eigenvalue weighted by Gasteiger charge is 2.23. The van der Waals surface area contributed by atoms with Crippen molar-refractivity contribution in [2.75, 3.05) is 11.9 Å². The molecule has 0 radical (unpaired) electrons. The molecule has 1 heterocycles. The van der Waals surface area contributed by atoms with Gasteiger partial charge in [0.1, 0.15) is 6.20 Å². The third-order valence-electron chi connectivity index (χ3n) is 2.59. The Kier molecular flexibility index (Phi) is 3.45. The van der Waals surface area contributed by atoms with Gasteiger partial charge in [-0.25, -0.2) is 0 Å². The summed E-state index contributed by atoms with van der Waals surface area (Å²) in [7, 11) is 1.61. The number of carbonyl (C=O) groups is 1. The minimum absolute atomic E-state index is 0.0383. The molecule has 98 valence electrons. The van der Waals surface area contributed by atoms with Gasteiger partial charge >= 0.3 is 5.69 Å². The fourth-order valence-electron chi connectivity index (χ4n) is 1.56. The lowest BCUT2D eigenvalue weighted by atomic mass is 10.4. The van der Waals surface area contributed by atoms with Crippen molar-refractivity contribution in [1.82, 2.24) is 15.1 Å². The van der Waals surface area contributed by atoms with Crippen molar-refractivity contribution in [1.29, 1.82) is 0 Å². The average molecular weight is 253 g/mol. The summed E-state index contributed by atoms with van der Waals surface area (Å²) in [6.07, 6.45) is 3.70. The van der Waals surface area contributed by atoms with E-state index in [0.717, 1.165) is 12.8 Å². The highest BCUT2D eigenvalue weighted by atomic mass is 16.6. The van der Waals surface area contributed by atoms with E-state index in [4.69, 9.17) is 0 Å². The monoisotopic (exact) mass is 253 g/mol. The van der Waals surface area contributed by atoms with Crippen LogP contribution in [0, 0.1) is 10.1 Å². The molecule has 0 atom stereocenters. The first-order valence-electron chi connectivity index (χ1n) is 5.77. The van der Waals surface area contributed by atoms with Crippen molar-refractivity contribution in [3.05, 3.63) is 16.3 Å². The van der Waals surface area contributed by atoms with E-state index in [9.17, 15) is 14.9 Å². The molecular formula is C10H15N5O3. The normalized spacial score (nSPS) is 14.3.